The maximum Gasteiger partial charge on any atom is 0.236 e. The second-order valence-corrected chi connectivity index (χ2v) is 9.98. The zero-order chi connectivity index (χ0) is 22.5. The van der Waals surface area contributed by atoms with E-state index in [9.17, 15) is 14.2 Å². The molecule has 2 rings (SSSR count). The monoisotopic (exact) mass is 472 g/mol. The largest absolute Gasteiger partial charge is 0.496 e. The van der Waals surface area contributed by atoms with Crippen molar-refractivity contribution in [2.75, 3.05) is 27.5 Å². The van der Waals surface area contributed by atoms with Gasteiger partial charge >= 0.3 is 0 Å². The summed E-state index contributed by atoms with van der Waals surface area (Å²) in [5, 5.41) is 0.0661. The van der Waals surface area contributed by atoms with Crippen LogP contribution >= 0.6 is 30.3 Å². The topological polar surface area (TPSA) is 78.9 Å². The molecule has 6 nitrogen and oxygen atoms in total. The van der Waals surface area contributed by atoms with Crippen LogP contribution in [0.2, 0.25) is 10.0 Å². The fourth-order valence-corrected chi connectivity index (χ4v) is 6.19. The van der Waals surface area contributed by atoms with Gasteiger partial charge in [-0.15, -0.1) is 0 Å². The van der Waals surface area contributed by atoms with Gasteiger partial charge in [-0.05, 0) is 18.6 Å². The highest BCUT2D eigenvalue weighted by molar-refractivity contribution is 7.95. The summed E-state index contributed by atoms with van der Waals surface area (Å²) in [4.78, 5) is 27.0. The Balaban J connectivity index is 2.72. The van der Waals surface area contributed by atoms with Crippen LogP contribution in [0.4, 0.5) is 0 Å². The van der Waals surface area contributed by atoms with E-state index in [4.69, 9.17) is 37.4 Å². The smallest absolute Gasteiger partial charge is 0.236 e. The van der Waals surface area contributed by atoms with Crippen LogP contribution in [0.1, 0.15) is 40.5 Å². The lowest BCUT2D eigenvalue weighted by Gasteiger charge is -2.20. The van der Waals surface area contributed by atoms with E-state index in [0.717, 1.165) is 0 Å². The maximum atomic E-state index is 14.0. The second kappa shape index (κ2) is 10.3. The molecule has 0 aliphatic carbocycles. The fourth-order valence-electron chi connectivity index (χ4n) is 2.96. The van der Waals surface area contributed by atoms with E-state index in [2.05, 4.69) is 0 Å². The van der Waals surface area contributed by atoms with Crippen LogP contribution in [-0.2, 0) is 4.57 Å². The van der Waals surface area contributed by atoms with Crippen LogP contribution < -0.4 is 14.2 Å². The van der Waals surface area contributed by atoms with Crippen molar-refractivity contribution in [1.82, 2.24) is 0 Å². The van der Waals surface area contributed by atoms with E-state index in [1.165, 1.54) is 45.6 Å². The van der Waals surface area contributed by atoms with Crippen LogP contribution in [0.15, 0.2) is 30.3 Å². The van der Waals surface area contributed by atoms with Gasteiger partial charge in [0.15, 0.2) is 0 Å². The number of carbonyl (C=O) groups excluding carboxylic acids is 2. The Bertz CT molecular complexity index is 960. The standard InChI is InChI=1S/C21H23Cl2O6P/c1-5-6-10-30(26,20(24)18-14(22)8-7-9-15(18)23)21(25)19-16(28-3)11-13(27-2)12-17(19)29-4/h7-9,11-12H,5-6,10H2,1-4H3. The predicted molar refractivity (Wildman–Crippen MR) is 119 cm³/mol. The lowest BCUT2D eigenvalue weighted by atomic mass is 10.2. The summed E-state index contributed by atoms with van der Waals surface area (Å²) in [5.74, 6) is 0.557. The molecule has 162 valence electrons. The SMILES string of the molecule is CCCCP(=O)(C(=O)c1c(Cl)cccc1Cl)C(=O)c1c(OC)cc(OC)cc1OC. The average molecular weight is 473 g/mol. The number of benzene rings is 2. The number of ether oxygens (including phenoxy) is 3. The Morgan fingerprint density at radius 1 is 0.900 bits per heavy atom. The minimum atomic E-state index is -4.17. The van der Waals surface area contributed by atoms with Crippen LogP contribution in [0.3, 0.4) is 0 Å². The first-order chi connectivity index (χ1) is 14.2. The van der Waals surface area contributed by atoms with Crippen molar-refractivity contribution >= 4 is 41.4 Å². The molecule has 1 atom stereocenters. The molecule has 0 aromatic heterocycles. The lowest BCUT2D eigenvalue weighted by molar-refractivity contribution is 0.103. The zero-order valence-electron chi connectivity index (χ0n) is 17.2. The molecule has 0 aliphatic heterocycles. The third kappa shape index (κ3) is 4.66. The minimum Gasteiger partial charge on any atom is -0.496 e. The normalized spacial score (nSPS) is 12.7. The first kappa shape index (κ1) is 24.3. The molecule has 0 saturated carbocycles. The van der Waals surface area contributed by atoms with Crippen molar-refractivity contribution in [2.24, 2.45) is 0 Å². The van der Waals surface area contributed by atoms with E-state index >= 15 is 0 Å². The molecule has 9 heteroatoms. The Hall–Kier alpha value is -2.01. The van der Waals surface area contributed by atoms with Gasteiger partial charge < -0.3 is 18.8 Å². The highest BCUT2D eigenvalue weighted by atomic mass is 35.5. The maximum absolute atomic E-state index is 14.0. The molecule has 0 bridgehead atoms. The van der Waals surface area contributed by atoms with E-state index in [1.54, 1.807) is 6.07 Å². The summed E-state index contributed by atoms with van der Waals surface area (Å²) in [6, 6.07) is 7.42. The Kier molecular flexibility index (Phi) is 8.36. The molecule has 2 aromatic rings. The number of carbonyl (C=O) groups is 2. The van der Waals surface area contributed by atoms with Crippen molar-refractivity contribution in [3.05, 3.63) is 51.5 Å². The van der Waals surface area contributed by atoms with Crippen molar-refractivity contribution in [3.8, 4) is 17.2 Å². The first-order valence-corrected chi connectivity index (χ1v) is 11.8. The summed E-state index contributed by atoms with van der Waals surface area (Å²) in [7, 11) is -0.00604. The summed E-state index contributed by atoms with van der Waals surface area (Å²) < 4.78 is 29.8. The van der Waals surface area contributed by atoms with Crippen LogP contribution in [0.5, 0.6) is 17.2 Å². The summed E-state index contributed by atoms with van der Waals surface area (Å²) in [6.07, 6.45) is 0.913. The fraction of sp³-hybridized carbons (Fsp3) is 0.333. The molecule has 0 spiro atoms. The molecule has 0 N–H and O–H groups in total. The Labute approximate surface area is 185 Å². The molecule has 0 saturated heterocycles. The molecule has 0 fully saturated rings. The third-order valence-electron chi connectivity index (χ3n) is 4.59. The van der Waals surface area contributed by atoms with Crippen molar-refractivity contribution in [2.45, 2.75) is 19.8 Å². The third-order valence-corrected chi connectivity index (χ3v) is 7.92. The molecule has 30 heavy (non-hydrogen) atoms. The van der Waals surface area contributed by atoms with E-state index in [1.807, 2.05) is 6.92 Å². The van der Waals surface area contributed by atoms with Gasteiger partial charge in [0.05, 0.1) is 36.9 Å². The Morgan fingerprint density at radius 2 is 1.40 bits per heavy atom. The second-order valence-electron chi connectivity index (χ2n) is 6.43. The van der Waals surface area contributed by atoms with Gasteiger partial charge in [0.25, 0.3) is 0 Å². The number of halogens is 2. The lowest BCUT2D eigenvalue weighted by Crippen LogP contribution is -2.16. The zero-order valence-corrected chi connectivity index (χ0v) is 19.6. The van der Waals surface area contributed by atoms with Crippen molar-refractivity contribution in [3.63, 3.8) is 0 Å². The van der Waals surface area contributed by atoms with Gasteiger partial charge in [-0.1, -0.05) is 42.6 Å². The number of methoxy groups -OCH3 is 3. The molecule has 0 radical (unpaired) electrons. The molecule has 2 aromatic carbocycles. The van der Waals surface area contributed by atoms with Crippen molar-refractivity contribution in [1.29, 1.82) is 0 Å². The van der Waals surface area contributed by atoms with E-state index in [-0.39, 0.29) is 38.8 Å². The summed E-state index contributed by atoms with van der Waals surface area (Å²) in [6.45, 7) is 1.87. The number of hydrogen-bond acceptors (Lipinski definition) is 6. The number of unbranched alkanes of at least 4 members (excludes halogenated alkanes) is 1. The van der Waals surface area contributed by atoms with Gasteiger partial charge in [0.1, 0.15) is 22.8 Å². The number of rotatable bonds is 10. The highest BCUT2D eigenvalue weighted by Gasteiger charge is 2.44. The predicted octanol–water partition coefficient (Wildman–Crippen LogP) is 6.16. The van der Waals surface area contributed by atoms with Gasteiger partial charge in [-0.25, -0.2) is 0 Å². The molecule has 1 unspecified atom stereocenters. The van der Waals surface area contributed by atoms with E-state index < -0.39 is 18.2 Å². The molecule has 0 heterocycles. The van der Waals surface area contributed by atoms with Gasteiger partial charge in [-0.3, -0.25) is 9.59 Å². The molecular weight excluding hydrogens is 450 g/mol. The molecule has 0 aliphatic rings. The first-order valence-electron chi connectivity index (χ1n) is 9.18. The summed E-state index contributed by atoms with van der Waals surface area (Å²) in [5.41, 5.74) is -1.96. The van der Waals surface area contributed by atoms with E-state index in [0.29, 0.717) is 18.6 Å². The Morgan fingerprint density at radius 3 is 1.83 bits per heavy atom. The van der Waals surface area contributed by atoms with Gasteiger partial charge in [0, 0.05) is 18.3 Å². The molecule has 0 amide bonds. The average Bonchev–Trinajstić information content (AvgIpc) is 2.75. The van der Waals surface area contributed by atoms with Crippen LogP contribution in [0, 0.1) is 0 Å². The van der Waals surface area contributed by atoms with Crippen LogP contribution in [-0.4, -0.2) is 38.5 Å². The van der Waals surface area contributed by atoms with Crippen LogP contribution in [0.25, 0.3) is 0 Å². The molecular formula is C21H23Cl2O6P. The highest BCUT2D eigenvalue weighted by Crippen LogP contribution is 2.56. The quantitative estimate of drug-likeness (QED) is 0.385. The van der Waals surface area contributed by atoms with Gasteiger partial charge in [-0.2, -0.15) is 0 Å². The number of hydrogen-bond donors (Lipinski definition) is 0. The van der Waals surface area contributed by atoms with Crippen molar-refractivity contribution < 1.29 is 28.4 Å². The van der Waals surface area contributed by atoms with Gasteiger partial charge in [0.2, 0.25) is 18.2 Å². The summed E-state index contributed by atoms with van der Waals surface area (Å²) >= 11 is 12.3. The minimum absolute atomic E-state index is 0.0330.